The highest BCUT2D eigenvalue weighted by Gasteiger charge is 2.32. The Hall–Kier alpha value is -2.71. The second kappa shape index (κ2) is 11.8. The number of aliphatic hydroxyl groups excluding tert-OH is 1. The van der Waals surface area contributed by atoms with Gasteiger partial charge in [0.15, 0.2) is 6.29 Å². The van der Waals surface area contributed by atoms with E-state index in [9.17, 15) is 9.90 Å². The third kappa shape index (κ3) is 6.64. The molecule has 0 aromatic heterocycles. The molecule has 0 aliphatic carbocycles. The quantitative estimate of drug-likeness (QED) is 0.515. The van der Waals surface area contributed by atoms with E-state index in [0.29, 0.717) is 12.2 Å². The van der Waals surface area contributed by atoms with Crippen LogP contribution in [-0.4, -0.2) is 48.8 Å². The van der Waals surface area contributed by atoms with Crippen LogP contribution in [0.3, 0.4) is 0 Å². The first kappa shape index (κ1) is 23.9. The summed E-state index contributed by atoms with van der Waals surface area (Å²) < 4.78 is 12.6. The average Bonchev–Trinajstić information content (AvgIpc) is 2.79. The minimum atomic E-state index is -0.521. The Morgan fingerprint density at radius 2 is 1.84 bits per heavy atom. The monoisotopic (exact) mass is 439 g/mol. The van der Waals surface area contributed by atoms with Gasteiger partial charge < -0.3 is 30.1 Å². The number of rotatable bonds is 9. The number of likely N-dealkylation sites (N-methyl/N-ethyl adjacent to an activating group) is 1. The fourth-order valence-corrected chi connectivity index (χ4v) is 3.73. The molecule has 1 aliphatic heterocycles. The van der Waals surface area contributed by atoms with Crippen molar-refractivity contribution in [1.82, 2.24) is 10.2 Å². The van der Waals surface area contributed by atoms with E-state index in [1.807, 2.05) is 68.6 Å². The normalized spacial score (nSPS) is 20.7. The van der Waals surface area contributed by atoms with Crippen LogP contribution in [-0.2, 0) is 16.1 Å². The zero-order valence-electron chi connectivity index (χ0n) is 18.8. The van der Waals surface area contributed by atoms with Gasteiger partial charge in [0.1, 0.15) is 0 Å². The molecule has 0 unspecified atom stereocenters. The van der Waals surface area contributed by atoms with E-state index in [0.717, 1.165) is 36.2 Å². The van der Waals surface area contributed by atoms with E-state index in [-0.39, 0.29) is 24.8 Å². The number of anilines is 1. The summed E-state index contributed by atoms with van der Waals surface area (Å²) in [7, 11) is 2.04. The maximum absolute atomic E-state index is 11.7. The van der Waals surface area contributed by atoms with Crippen LogP contribution in [0.5, 0.6) is 0 Å². The summed E-state index contributed by atoms with van der Waals surface area (Å²) in [4.78, 5) is 13.9. The second-order valence-corrected chi connectivity index (χ2v) is 7.97. The lowest BCUT2D eigenvalue weighted by Gasteiger charge is -2.37. The van der Waals surface area contributed by atoms with Gasteiger partial charge in [0.05, 0.1) is 18.8 Å². The molecule has 3 atom stereocenters. The third-order valence-corrected chi connectivity index (χ3v) is 5.35. The molecule has 2 aromatic carbocycles. The van der Waals surface area contributed by atoms with Crippen molar-refractivity contribution in [2.24, 2.45) is 0 Å². The molecule has 2 aromatic rings. The first-order chi connectivity index (χ1) is 15.5. The van der Waals surface area contributed by atoms with E-state index in [1.165, 1.54) is 0 Å². The van der Waals surface area contributed by atoms with Crippen LogP contribution in [0.15, 0.2) is 61.2 Å². The lowest BCUT2D eigenvalue weighted by atomic mass is 9.99. The van der Waals surface area contributed by atoms with Crippen LogP contribution in [0.1, 0.15) is 42.4 Å². The number of carbonyl (C=O) groups excluding carboxylic acids is 1. The summed E-state index contributed by atoms with van der Waals surface area (Å²) in [5, 5.41) is 14.8. The highest BCUT2D eigenvalue weighted by molar-refractivity contribution is 5.89. The van der Waals surface area contributed by atoms with Crippen molar-refractivity contribution in [1.29, 1.82) is 0 Å². The topological polar surface area (TPSA) is 83.1 Å². The number of nitrogens with one attached hydrogen (secondary N) is 2. The van der Waals surface area contributed by atoms with E-state index in [2.05, 4.69) is 22.1 Å². The average molecular weight is 440 g/mol. The Kier molecular flexibility index (Phi) is 8.81. The van der Waals surface area contributed by atoms with Gasteiger partial charge in [0, 0.05) is 37.3 Å². The molecule has 3 N–H and O–H groups in total. The first-order valence-corrected chi connectivity index (χ1v) is 11.0. The number of benzene rings is 2. The molecular weight excluding hydrogens is 406 g/mol. The number of amides is 2. The largest absolute Gasteiger partial charge is 0.392 e. The Balaban J connectivity index is 1.76. The maximum Gasteiger partial charge on any atom is 0.319 e. The summed E-state index contributed by atoms with van der Waals surface area (Å²) in [5.74, 6) is 0. The van der Waals surface area contributed by atoms with Crippen LogP contribution >= 0.6 is 0 Å². The fourth-order valence-electron chi connectivity index (χ4n) is 3.73. The van der Waals surface area contributed by atoms with Crippen LogP contribution in [0.4, 0.5) is 10.5 Å². The molecule has 0 saturated carbocycles. The van der Waals surface area contributed by atoms with Crippen LogP contribution in [0.25, 0.3) is 0 Å². The van der Waals surface area contributed by atoms with Gasteiger partial charge in [-0.1, -0.05) is 42.5 Å². The molecule has 0 bridgehead atoms. The minimum Gasteiger partial charge on any atom is -0.392 e. The van der Waals surface area contributed by atoms with Gasteiger partial charge in [-0.25, -0.2) is 4.79 Å². The molecular formula is C25H33N3O4. The minimum absolute atomic E-state index is 0.0170. The number of hydrogen-bond donors (Lipinski definition) is 3. The summed E-state index contributed by atoms with van der Waals surface area (Å²) in [6, 6.07) is 15.1. The Labute approximate surface area is 190 Å². The SMILES string of the molecule is C=CCN(C)C[C@@H]1C[C@H](c2ccc(CO)cc2)O[C@H](c2ccc(NC(=O)NCC)cc2)O1. The van der Waals surface area contributed by atoms with E-state index in [4.69, 9.17) is 9.47 Å². The highest BCUT2D eigenvalue weighted by Crippen LogP contribution is 2.38. The molecule has 2 amide bonds. The Morgan fingerprint density at radius 1 is 1.16 bits per heavy atom. The van der Waals surface area contributed by atoms with E-state index in [1.54, 1.807) is 0 Å². The fraction of sp³-hybridized carbons (Fsp3) is 0.400. The first-order valence-electron chi connectivity index (χ1n) is 11.0. The molecule has 172 valence electrons. The highest BCUT2D eigenvalue weighted by atomic mass is 16.7. The zero-order valence-corrected chi connectivity index (χ0v) is 18.8. The van der Waals surface area contributed by atoms with Gasteiger partial charge in [0.2, 0.25) is 0 Å². The molecule has 32 heavy (non-hydrogen) atoms. The number of ether oxygens (including phenoxy) is 2. The second-order valence-electron chi connectivity index (χ2n) is 7.97. The molecule has 7 nitrogen and oxygen atoms in total. The lowest BCUT2D eigenvalue weighted by molar-refractivity contribution is -0.252. The number of urea groups is 1. The number of hydrogen-bond acceptors (Lipinski definition) is 5. The Morgan fingerprint density at radius 3 is 2.47 bits per heavy atom. The lowest BCUT2D eigenvalue weighted by Crippen LogP contribution is -2.37. The molecule has 1 saturated heterocycles. The molecule has 0 spiro atoms. The van der Waals surface area contributed by atoms with Gasteiger partial charge in [0.25, 0.3) is 0 Å². The van der Waals surface area contributed by atoms with Crippen molar-refractivity contribution < 1.29 is 19.4 Å². The van der Waals surface area contributed by atoms with E-state index < -0.39 is 6.29 Å². The van der Waals surface area contributed by atoms with Crippen molar-refractivity contribution in [2.45, 2.75) is 38.4 Å². The summed E-state index contributed by atoms with van der Waals surface area (Å²) in [6.45, 7) is 7.81. The number of nitrogens with zero attached hydrogens (tertiary/aromatic N) is 1. The molecule has 3 rings (SSSR count). The number of aliphatic hydroxyl groups is 1. The van der Waals surface area contributed by atoms with Gasteiger partial charge in [-0.2, -0.15) is 0 Å². The van der Waals surface area contributed by atoms with Crippen LogP contribution in [0, 0.1) is 0 Å². The molecule has 1 fully saturated rings. The van der Waals surface area contributed by atoms with Crippen molar-refractivity contribution in [3.8, 4) is 0 Å². The summed E-state index contributed by atoms with van der Waals surface area (Å²) in [5.41, 5.74) is 3.52. The predicted molar refractivity (Wildman–Crippen MR) is 125 cm³/mol. The van der Waals surface area contributed by atoms with Crippen molar-refractivity contribution in [2.75, 3.05) is 32.0 Å². The Bertz CT molecular complexity index is 870. The van der Waals surface area contributed by atoms with Crippen molar-refractivity contribution >= 4 is 11.7 Å². The molecule has 0 radical (unpaired) electrons. The van der Waals surface area contributed by atoms with Gasteiger partial charge in [-0.3, -0.25) is 0 Å². The van der Waals surface area contributed by atoms with Gasteiger partial charge in [-0.15, -0.1) is 6.58 Å². The summed E-state index contributed by atoms with van der Waals surface area (Å²) >= 11 is 0. The molecule has 1 aliphatic rings. The van der Waals surface area contributed by atoms with Crippen molar-refractivity contribution in [3.05, 3.63) is 77.9 Å². The third-order valence-electron chi connectivity index (χ3n) is 5.35. The summed E-state index contributed by atoms with van der Waals surface area (Å²) in [6.07, 6.45) is 1.94. The van der Waals surface area contributed by atoms with Crippen LogP contribution in [0.2, 0.25) is 0 Å². The molecule has 7 heteroatoms. The van der Waals surface area contributed by atoms with Gasteiger partial charge in [-0.05, 0) is 37.2 Å². The van der Waals surface area contributed by atoms with Crippen molar-refractivity contribution in [3.63, 3.8) is 0 Å². The van der Waals surface area contributed by atoms with E-state index >= 15 is 0 Å². The molecule has 1 heterocycles. The maximum atomic E-state index is 11.7. The smallest absolute Gasteiger partial charge is 0.319 e. The zero-order chi connectivity index (χ0) is 22.9. The predicted octanol–water partition coefficient (Wildman–Crippen LogP) is 3.98. The standard InChI is InChI=1S/C25H33N3O4/c1-4-14-28(3)16-22-15-23(19-8-6-18(17-29)7-9-19)32-24(31-22)20-10-12-21(13-11-20)27-25(30)26-5-2/h4,6-13,22-24,29H,1,5,14-17H2,2-3H3,(H2,26,27,30)/t22-,23+,24+/m0/s1. The van der Waals surface area contributed by atoms with Crippen LogP contribution < -0.4 is 10.6 Å². The van der Waals surface area contributed by atoms with Gasteiger partial charge >= 0.3 is 6.03 Å². The number of carbonyl (C=O) groups is 1.